The third-order valence-electron chi connectivity index (χ3n) is 5.37. The van der Waals surface area contributed by atoms with Crippen molar-refractivity contribution in [3.05, 3.63) is 88.5 Å². The number of sulfonamides is 1. The molecule has 0 saturated carbocycles. The standard InChI is InChI=1S/C26H30N2O4S/c1-6-32-25-14-10-21(26(29)27-24-13-9-19(3)15-20(24)4)16-22(25)17-28(5)33(30,31)23-11-7-18(2)8-12-23/h7-16H,6,17H2,1-5H3,(H,27,29). The summed E-state index contributed by atoms with van der Waals surface area (Å²) >= 11 is 0. The summed E-state index contributed by atoms with van der Waals surface area (Å²) in [6, 6.07) is 17.6. The third kappa shape index (κ3) is 5.80. The summed E-state index contributed by atoms with van der Waals surface area (Å²) in [5.74, 6) is 0.279. The minimum Gasteiger partial charge on any atom is -0.494 e. The second-order valence-electron chi connectivity index (χ2n) is 8.10. The van der Waals surface area contributed by atoms with Gasteiger partial charge in [0.25, 0.3) is 5.91 Å². The maximum absolute atomic E-state index is 13.0. The Hall–Kier alpha value is -3.16. The van der Waals surface area contributed by atoms with Crippen LogP contribution in [0.4, 0.5) is 5.69 Å². The van der Waals surface area contributed by atoms with Crippen molar-refractivity contribution in [3.8, 4) is 5.75 Å². The van der Waals surface area contributed by atoms with Crippen LogP contribution in [0.15, 0.2) is 65.6 Å². The highest BCUT2D eigenvalue weighted by Gasteiger charge is 2.23. The predicted molar refractivity (Wildman–Crippen MR) is 131 cm³/mol. The average molecular weight is 467 g/mol. The predicted octanol–water partition coefficient (Wildman–Crippen LogP) is 5.08. The second-order valence-corrected chi connectivity index (χ2v) is 10.1. The Morgan fingerprint density at radius 1 is 0.939 bits per heavy atom. The maximum atomic E-state index is 13.0. The van der Waals surface area contributed by atoms with Crippen LogP contribution in [-0.4, -0.2) is 32.3 Å². The highest BCUT2D eigenvalue weighted by molar-refractivity contribution is 7.89. The van der Waals surface area contributed by atoms with E-state index in [2.05, 4.69) is 5.32 Å². The first kappa shape index (κ1) is 24.5. The number of amides is 1. The van der Waals surface area contributed by atoms with E-state index in [-0.39, 0.29) is 17.3 Å². The van der Waals surface area contributed by atoms with Gasteiger partial charge in [-0.05, 0) is 69.7 Å². The van der Waals surface area contributed by atoms with Crippen molar-refractivity contribution < 1.29 is 17.9 Å². The summed E-state index contributed by atoms with van der Waals surface area (Å²) in [6.07, 6.45) is 0. The molecule has 1 amide bonds. The van der Waals surface area contributed by atoms with E-state index in [1.54, 1.807) is 42.5 Å². The van der Waals surface area contributed by atoms with Gasteiger partial charge >= 0.3 is 0 Å². The lowest BCUT2D eigenvalue weighted by molar-refractivity contribution is 0.102. The van der Waals surface area contributed by atoms with Crippen molar-refractivity contribution in [2.24, 2.45) is 0 Å². The van der Waals surface area contributed by atoms with Crippen LogP contribution < -0.4 is 10.1 Å². The molecular weight excluding hydrogens is 436 g/mol. The largest absolute Gasteiger partial charge is 0.494 e. The Morgan fingerprint density at radius 3 is 2.24 bits per heavy atom. The number of nitrogens with one attached hydrogen (secondary N) is 1. The van der Waals surface area contributed by atoms with Crippen molar-refractivity contribution in [3.63, 3.8) is 0 Å². The SMILES string of the molecule is CCOc1ccc(C(=O)Nc2ccc(C)cc2C)cc1CN(C)S(=O)(=O)c1ccc(C)cc1. The Morgan fingerprint density at radius 2 is 1.61 bits per heavy atom. The van der Waals surface area contributed by atoms with Gasteiger partial charge in [0.2, 0.25) is 10.0 Å². The van der Waals surface area contributed by atoms with Crippen LogP contribution in [0.2, 0.25) is 0 Å². The molecule has 1 N–H and O–H groups in total. The van der Waals surface area contributed by atoms with Gasteiger partial charge in [-0.15, -0.1) is 0 Å². The van der Waals surface area contributed by atoms with Crippen LogP contribution in [0.5, 0.6) is 5.75 Å². The lowest BCUT2D eigenvalue weighted by atomic mass is 10.1. The second kappa shape index (κ2) is 10.2. The lowest BCUT2D eigenvalue weighted by Crippen LogP contribution is -2.27. The van der Waals surface area contributed by atoms with Crippen LogP contribution >= 0.6 is 0 Å². The molecular formula is C26H30N2O4S. The molecule has 33 heavy (non-hydrogen) atoms. The fourth-order valence-electron chi connectivity index (χ4n) is 3.50. The van der Waals surface area contributed by atoms with Crippen LogP contribution in [0.1, 0.15) is 39.5 Å². The molecule has 0 spiro atoms. The molecule has 7 heteroatoms. The van der Waals surface area contributed by atoms with E-state index in [0.29, 0.717) is 23.5 Å². The first-order chi connectivity index (χ1) is 15.6. The molecule has 174 valence electrons. The summed E-state index contributed by atoms with van der Waals surface area (Å²) in [6.45, 7) is 8.20. The Labute approximate surface area is 196 Å². The first-order valence-corrected chi connectivity index (χ1v) is 12.2. The molecule has 0 bridgehead atoms. The molecule has 3 rings (SSSR count). The summed E-state index contributed by atoms with van der Waals surface area (Å²) in [7, 11) is -2.18. The topological polar surface area (TPSA) is 75.7 Å². The Balaban J connectivity index is 1.88. The highest BCUT2D eigenvalue weighted by atomic mass is 32.2. The average Bonchev–Trinajstić information content (AvgIpc) is 2.77. The number of aryl methyl sites for hydroxylation is 3. The van der Waals surface area contributed by atoms with Crippen molar-refractivity contribution in [2.75, 3.05) is 19.0 Å². The molecule has 3 aromatic carbocycles. The van der Waals surface area contributed by atoms with E-state index in [4.69, 9.17) is 4.74 Å². The number of rotatable bonds is 8. The molecule has 0 saturated heterocycles. The molecule has 3 aromatic rings. The molecule has 0 aliphatic rings. The van der Waals surface area contributed by atoms with Crippen molar-refractivity contribution in [1.82, 2.24) is 4.31 Å². The summed E-state index contributed by atoms with van der Waals surface area (Å²) < 4.78 is 33.1. The first-order valence-electron chi connectivity index (χ1n) is 10.8. The Bertz CT molecular complexity index is 1250. The van der Waals surface area contributed by atoms with Crippen LogP contribution in [0.3, 0.4) is 0 Å². The number of carbonyl (C=O) groups excluding carboxylic acids is 1. The van der Waals surface area contributed by atoms with E-state index in [1.165, 1.54) is 11.4 Å². The molecule has 0 aromatic heterocycles. The zero-order chi connectivity index (χ0) is 24.2. The van der Waals surface area contributed by atoms with Gasteiger partial charge in [-0.3, -0.25) is 4.79 Å². The van der Waals surface area contributed by atoms with Gasteiger partial charge in [0.05, 0.1) is 11.5 Å². The number of hydrogen-bond acceptors (Lipinski definition) is 4. The number of anilines is 1. The molecule has 6 nitrogen and oxygen atoms in total. The van der Waals surface area contributed by atoms with Crippen LogP contribution in [0.25, 0.3) is 0 Å². The van der Waals surface area contributed by atoms with E-state index in [0.717, 1.165) is 22.4 Å². The van der Waals surface area contributed by atoms with Crippen LogP contribution in [-0.2, 0) is 16.6 Å². The van der Waals surface area contributed by atoms with Gasteiger partial charge in [-0.1, -0.05) is 35.4 Å². The fraction of sp³-hybridized carbons (Fsp3) is 0.269. The fourth-order valence-corrected chi connectivity index (χ4v) is 4.65. The molecule has 0 unspecified atom stereocenters. The van der Waals surface area contributed by atoms with Gasteiger partial charge < -0.3 is 10.1 Å². The number of hydrogen-bond donors (Lipinski definition) is 1. The van der Waals surface area contributed by atoms with E-state index in [1.807, 2.05) is 45.9 Å². The minimum absolute atomic E-state index is 0.0657. The molecule has 0 radical (unpaired) electrons. The highest BCUT2D eigenvalue weighted by Crippen LogP contribution is 2.26. The number of carbonyl (C=O) groups is 1. The molecule has 0 atom stereocenters. The quantitative estimate of drug-likeness (QED) is 0.502. The summed E-state index contributed by atoms with van der Waals surface area (Å²) in [5.41, 5.74) is 4.85. The Kier molecular flexibility index (Phi) is 7.56. The minimum atomic E-state index is -3.70. The summed E-state index contributed by atoms with van der Waals surface area (Å²) in [5, 5.41) is 2.94. The molecule has 0 heterocycles. The maximum Gasteiger partial charge on any atom is 0.255 e. The van der Waals surface area contributed by atoms with Gasteiger partial charge in [0, 0.05) is 30.4 Å². The van der Waals surface area contributed by atoms with Gasteiger partial charge in [-0.2, -0.15) is 4.31 Å². The zero-order valence-corrected chi connectivity index (χ0v) is 20.5. The molecule has 0 aliphatic carbocycles. The number of benzene rings is 3. The smallest absolute Gasteiger partial charge is 0.255 e. The van der Waals surface area contributed by atoms with Gasteiger partial charge in [-0.25, -0.2) is 8.42 Å². The monoisotopic (exact) mass is 466 g/mol. The number of nitrogens with zero attached hydrogens (tertiary/aromatic N) is 1. The van der Waals surface area contributed by atoms with E-state index >= 15 is 0 Å². The van der Waals surface area contributed by atoms with Crippen molar-refractivity contribution >= 4 is 21.6 Å². The van der Waals surface area contributed by atoms with E-state index in [9.17, 15) is 13.2 Å². The molecule has 0 fully saturated rings. The van der Waals surface area contributed by atoms with Crippen molar-refractivity contribution in [2.45, 2.75) is 39.1 Å². The zero-order valence-electron chi connectivity index (χ0n) is 19.7. The van der Waals surface area contributed by atoms with Crippen molar-refractivity contribution in [1.29, 1.82) is 0 Å². The van der Waals surface area contributed by atoms with Gasteiger partial charge in [0.1, 0.15) is 5.75 Å². The molecule has 0 aliphatic heterocycles. The number of ether oxygens (including phenoxy) is 1. The van der Waals surface area contributed by atoms with Gasteiger partial charge in [0.15, 0.2) is 0 Å². The third-order valence-corrected chi connectivity index (χ3v) is 7.19. The summed E-state index contributed by atoms with van der Waals surface area (Å²) in [4.78, 5) is 13.1. The van der Waals surface area contributed by atoms with E-state index < -0.39 is 10.0 Å². The van der Waals surface area contributed by atoms with Crippen LogP contribution in [0, 0.1) is 20.8 Å². The normalized spacial score (nSPS) is 11.5. The lowest BCUT2D eigenvalue weighted by Gasteiger charge is -2.20.